The molecule has 1 heterocycles. The molecule has 110 valence electrons. The lowest BCUT2D eigenvalue weighted by molar-refractivity contribution is 0.0684. The summed E-state index contributed by atoms with van der Waals surface area (Å²) in [4.78, 5) is 2.38. The van der Waals surface area contributed by atoms with E-state index in [0.29, 0.717) is 5.92 Å². The topological polar surface area (TPSA) is 23.5 Å². The molecular formula is C19H23NO. The lowest BCUT2D eigenvalue weighted by atomic mass is 9.91. The molecule has 0 aliphatic carbocycles. The number of hydrogen-bond donors (Lipinski definition) is 1. The third-order valence-electron chi connectivity index (χ3n) is 4.38. The van der Waals surface area contributed by atoms with Gasteiger partial charge in [0.2, 0.25) is 0 Å². The first-order valence-electron chi connectivity index (χ1n) is 7.69. The van der Waals surface area contributed by atoms with Crippen LogP contribution < -0.4 is 0 Å². The molecule has 21 heavy (non-hydrogen) atoms. The fraction of sp³-hybridized carbons (Fsp3) is 0.368. The minimum atomic E-state index is -0.530. The highest BCUT2D eigenvalue weighted by molar-refractivity contribution is 5.32. The summed E-state index contributed by atoms with van der Waals surface area (Å²) in [6.07, 6.45) is 0.864. The van der Waals surface area contributed by atoms with Gasteiger partial charge in [0.05, 0.1) is 5.60 Å². The first kappa shape index (κ1) is 14.3. The Kier molecular flexibility index (Phi) is 4.09. The Morgan fingerprint density at radius 3 is 1.95 bits per heavy atom. The zero-order valence-electron chi connectivity index (χ0n) is 12.6. The van der Waals surface area contributed by atoms with Gasteiger partial charge in [-0.05, 0) is 24.5 Å². The Hall–Kier alpha value is -1.64. The van der Waals surface area contributed by atoms with Crippen LogP contribution in [0.2, 0.25) is 0 Å². The van der Waals surface area contributed by atoms with Crippen LogP contribution in [0.3, 0.4) is 0 Å². The highest BCUT2D eigenvalue weighted by atomic mass is 16.3. The van der Waals surface area contributed by atoms with Crippen LogP contribution in [-0.2, 0) is 0 Å². The van der Waals surface area contributed by atoms with Gasteiger partial charge in [-0.3, -0.25) is 4.90 Å². The maximum atomic E-state index is 10.2. The van der Waals surface area contributed by atoms with Gasteiger partial charge in [-0.2, -0.15) is 0 Å². The van der Waals surface area contributed by atoms with E-state index in [1.165, 1.54) is 11.1 Å². The van der Waals surface area contributed by atoms with Crippen LogP contribution in [0.25, 0.3) is 0 Å². The lowest BCUT2D eigenvalue weighted by Crippen LogP contribution is -2.32. The van der Waals surface area contributed by atoms with Gasteiger partial charge >= 0.3 is 0 Å². The van der Waals surface area contributed by atoms with Gasteiger partial charge in [-0.1, -0.05) is 60.7 Å². The SMILES string of the molecule is CC1(O)CCN(CC(c2ccccc2)c2ccccc2)C1. The Morgan fingerprint density at radius 2 is 1.52 bits per heavy atom. The quantitative estimate of drug-likeness (QED) is 0.929. The normalized spacial score (nSPS) is 22.8. The Bertz CT molecular complexity index is 525. The average Bonchev–Trinajstić information content (AvgIpc) is 2.86. The van der Waals surface area contributed by atoms with E-state index in [9.17, 15) is 5.11 Å². The number of rotatable bonds is 4. The molecule has 2 aromatic rings. The number of likely N-dealkylation sites (tertiary alicyclic amines) is 1. The van der Waals surface area contributed by atoms with E-state index in [4.69, 9.17) is 0 Å². The third kappa shape index (κ3) is 3.52. The average molecular weight is 281 g/mol. The molecule has 2 aromatic carbocycles. The molecule has 1 saturated heterocycles. The molecule has 0 aromatic heterocycles. The molecule has 1 atom stereocenters. The van der Waals surface area contributed by atoms with Crippen molar-refractivity contribution in [1.29, 1.82) is 0 Å². The van der Waals surface area contributed by atoms with Gasteiger partial charge in [0.25, 0.3) is 0 Å². The van der Waals surface area contributed by atoms with Gasteiger partial charge in [0.15, 0.2) is 0 Å². The van der Waals surface area contributed by atoms with Crippen LogP contribution in [0, 0.1) is 0 Å². The summed E-state index contributed by atoms with van der Waals surface area (Å²) < 4.78 is 0. The van der Waals surface area contributed by atoms with Crippen molar-refractivity contribution >= 4 is 0 Å². The predicted octanol–water partition coefficient (Wildman–Crippen LogP) is 3.28. The first-order valence-corrected chi connectivity index (χ1v) is 7.69. The molecule has 0 bridgehead atoms. The second kappa shape index (κ2) is 6.00. The fourth-order valence-electron chi connectivity index (χ4n) is 3.23. The van der Waals surface area contributed by atoms with Crippen molar-refractivity contribution in [3.8, 4) is 0 Å². The van der Waals surface area contributed by atoms with E-state index in [-0.39, 0.29) is 0 Å². The number of aliphatic hydroxyl groups is 1. The molecule has 0 saturated carbocycles. The summed E-state index contributed by atoms with van der Waals surface area (Å²) in [5, 5.41) is 10.2. The standard InChI is InChI=1S/C19H23NO/c1-19(21)12-13-20(15-19)14-18(16-8-4-2-5-9-16)17-10-6-3-7-11-17/h2-11,18,21H,12-15H2,1H3. The molecular weight excluding hydrogens is 258 g/mol. The van der Waals surface area contributed by atoms with Gasteiger partial charge in [0, 0.05) is 25.6 Å². The maximum Gasteiger partial charge on any atom is 0.0758 e. The molecule has 1 fully saturated rings. The molecule has 1 N–H and O–H groups in total. The van der Waals surface area contributed by atoms with E-state index in [1.807, 2.05) is 6.92 Å². The van der Waals surface area contributed by atoms with Crippen LogP contribution in [0.1, 0.15) is 30.4 Å². The minimum Gasteiger partial charge on any atom is -0.389 e. The van der Waals surface area contributed by atoms with Crippen molar-refractivity contribution in [2.24, 2.45) is 0 Å². The Balaban J connectivity index is 1.84. The van der Waals surface area contributed by atoms with Crippen LogP contribution in [-0.4, -0.2) is 35.2 Å². The van der Waals surface area contributed by atoms with Gasteiger partial charge in [-0.25, -0.2) is 0 Å². The molecule has 0 amide bonds. The highest BCUT2D eigenvalue weighted by Crippen LogP contribution is 2.29. The molecule has 2 heteroatoms. The number of β-amino-alcohol motifs (C(OH)–C–C–N with tert-alkyl or cyclic N) is 1. The van der Waals surface area contributed by atoms with E-state index >= 15 is 0 Å². The van der Waals surface area contributed by atoms with E-state index < -0.39 is 5.60 Å². The highest BCUT2D eigenvalue weighted by Gasteiger charge is 2.32. The lowest BCUT2D eigenvalue weighted by Gasteiger charge is -2.25. The number of nitrogens with zero attached hydrogens (tertiary/aromatic N) is 1. The van der Waals surface area contributed by atoms with E-state index in [2.05, 4.69) is 65.6 Å². The summed E-state index contributed by atoms with van der Waals surface area (Å²) in [5.41, 5.74) is 2.16. The van der Waals surface area contributed by atoms with Crippen molar-refractivity contribution in [2.45, 2.75) is 24.9 Å². The molecule has 0 spiro atoms. The Morgan fingerprint density at radius 1 is 1.00 bits per heavy atom. The van der Waals surface area contributed by atoms with Crippen LogP contribution in [0.15, 0.2) is 60.7 Å². The molecule has 2 nitrogen and oxygen atoms in total. The third-order valence-corrected chi connectivity index (χ3v) is 4.38. The minimum absolute atomic E-state index is 0.362. The second-order valence-corrected chi connectivity index (χ2v) is 6.36. The molecule has 3 rings (SSSR count). The predicted molar refractivity (Wildman–Crippen MR) is 86.4 cm³/mol. The van der Waals surface area contributed by atoms with Crippen molar-refractivity contribution in [1.82, 2.24) is 4.90 Å². The zero-order chi connectivity index (χ0) is 14.7. The largest absolute Gasteiger partial charge is 0.389 e. The molecule has 1 unspecified atom stereocenters. The molecule has 0 radical (unpaired) electrons. The molecule has 1 aliphatic heterocycles. The van der Waals surface area contributed by atoms with Crippen molar-refractivity contribution in [3.63, 3.8) is 0 Å². The van der Waals surface area contributed by atoms with Crippen LogP contribution in [0.5, 0.6) is 0 Å². The van der Waals surface area contributed by atoms with Crippen molar-refractivity contribution in [2.75, 3.05) is 19.6 Å². The summed E-state index contributed by atoms with van der Waals surface area (Å²) in [6, 6.07) is 21.3. The second-order valence-electron chi connectivity index (χ2n) is 6.36. The zero-order valence-corrected chi connectivity index (χ0v) is 12.6. The van der Waals surface area contributed by atoms with Gasteiger partial charge < -0.3 is 5.11 Å². The number of benzene rings is 2. The van der Waals surface area contributed by atoms with Crippen LogP contribution >= 0.6 is 0 Å². The number of hydrogen-bond acceptors (Lipinski definition) is 2. The molecule has 1 aliphatic rings. The summed E-state index contributed by atoms with van der Waals surface area (Å²) in [5.74, 6) is 0.362. The summed E-state index contributed by atoms with van der Waals surface area (Å²) in [6.45, 7) is 4.64. The first-order chi connectivity index (χ1) is 10.1. The fourth-order valence-corrected chi connectivity index (χ4v) is 3.23. The van der Waals surface area contributed by atoms with E-state index in [0.717, 1.165) is 26.1 Å². The summed E-state index contributed by atoms with van der Waals surface area (Å²) >= 11 is 0. The smallest absolute Gasteiger partial charge is 0.0758 e. The summed E-state index contributed by atoms with van der Waals surface area (Å²) in [7, 11) is 0. The van der Waals surface area contributed by atoms with Gasteiger partial charge in [0.1, 0.15) is 0 Å². The Labute approximate surface area is 127 Å². The monoisotopic (exact) mass is 281 g/mol. The van der Waals surface area contributed by atoms with Gasteiger partial charge in [-0.15, -0.1) is 0 Å². The van der Waals surface area contributed by atoms with E-state index in [1.54, 1.807) is 0 Å². The van der Waals surface area contributed by atoms with Crippen molar-refractivity contribution in [3.05, 3.63) is 71.8 Å². The van der Waals surface area contributed by atoms with Crippen LogP contribution in [0.4, 0.5) is 0 Å². The maximum absolute atomic E-state index is 10.2. The van der Waals surface area contributed by atoms with Crippen molar-refractivity contribution < 1.29 is 5.11 Å².